The van der Waals surface area contributed by atoms with Crippen molar-refractivity contribution in [3.8, 4) is 0 Å². The van der Waals surface area contributed by atoms with E-state index in [4.69, 9.17) is 0 Å². The van der Waals surface area contributed by atoms with Crippen molar-refractivity contribution in [3.05, 3.63) is 95.3 Å². The molecule has 3 aromatic carbocycles. The minimum absolute atomic E-state index is 0.0759. The molecule has 0 bridgehead atoms. The maximum absolute atomic E-state index is 13.2. The molecule has 0 spiro atoms. The van der Waals surface area contributed by atoms with Crippen LogP contribution in [0.1, 0.15) is 36.3 Å². The molecule has 2 aliphatic rings. The average Bonchev–Trinajstić information content (AvgIpc) is 2.77. The van der Waals surface area contributed by atoms with Crippen LogP contribution in [0.4, 0.5) is 5.69 Å². The van der Waals surface area contributed by atoms with Gasteiger partial charge in [0.2, 0.25) is 0 Å². The van der Waals surface area contributed by atoms with Crippen LogP contribution in [0.25, 0.3) is 21.7 Å². The first-order valence-corrected chi connectivity index (χ1v) is 10.2. The molecule has 0 unspecified atom stereocenters. The number of nitrogens with zero attached hydrogens (tertiary/aromatic N) is 1. The van der Waals surface area contributed by atoms with Crippen LogP contribution in [0.5, 0.6) is 0 Å². The number of nitrogens with one attached hydrogen (secondary N) is 1. The highest BCUT2D eigenvalue weighted by atomic mass is 16.1. The Morgan fingerprint density at radius 3 is 2.69 bits per heavy atom. The number of carbonyl (C=O) groups is 1. The third-order valence-corrected chi connectivity index (χ3v) is 6.28. The van der Waals surface area contributed by atoms with Crippen LogP contribution in [0, 0.1) is 0 Å². The summed E-state index contributed by atoms with van der Waals surface area (Å²) in [4.78, 5) is 17.8. The quantitative estimate of drug-likeness (QED) is 0.446. The van der Waals surface area contributed by atoms with Crippen LogP contribution in [0.3, 0.4) is 0 Å². The number of fused-ring (bicyclic) bond motifs is 4. The van der Waals surface area contributed by atoms with Gasteiger partial charge in [0.25, 0.3) is 0 Å². The summed E-state index contributed by atoms with van der Waals surface area (Å²) in [6.07, 6.45) is 4.29. The van der Waals surface area contributed by atoms with Crippen LogP contribution >= 0.6 is 0 Å². The number of allylic oxidation sites excluding steroid dienone is 2. The van der Waals surface area contributed by atoms with E-state index in [1.54, 1.807) is 0 Å². The van der Waals surface area contributed by atoms with Crippen LogP contribution < -0.4 is 5.32 Å². The highest BCUT2D eigenvalue weighted by Crippen LogP contribution is 2.49. The molecule has 0 fully saturated rings. The van der Waals surface area contributed by atoms with Crippen molar-refractivity contribution < 1.29 is 4.79 Å². The van der Waals surface area contributed by atoms with Gasteiger partial charge in [0.1, 0.15) is 0 Å². The van der Waals surface area contributed by atoms with Crippen molar-refractivity contribution in [1.82, 2.24) is 4.98 Å². The molecular formula is C26H20N2O. The zero-order valence-corrected chi connectivity index (χ0v) is 16.0. The largest absolute Gasteiger partial charge is 0.358 e. The van der Waals surface area contributed by atoms with Gasteiger partial charge in [0.15, 0.2) is 5.78 Å². The third-order valence-electron chi connectivity index (χ3n) is 6.28. The molecule has 4 aromatic rings. The number of hydrogen-bond donors (Lipinski definition) is 1. The summed E-state index contributed by atoms with van der Waals surface area (Å²) in [5, 5.41) is 7.12. The van der Waals surface area contributed by atoms with E-state index in [-0.39, 0.29) is 11.7 Å². The molecule has 0 amide bonds. The highest BCUT2D eigenvalue weighted by molar-refractivity contribution is 6.05. The van der Waals surface area contributed by atoms with E-state index in [0.717, 1.165) is 40.7 Å². The van der Waals surface area contributed by atoms with E-state index in [9.17, 15) is 4.79 Å². The van der Waals surface area contributed by atoms with Crippen LogP contribution in [-0.2, 0) is 4.79 Å². The van der Waals surface area contributed by atoms with Crippen LogP contribution in [-0.4, -0.2) is 10.8 Å². The zero-order valence-electron chi connectivity index (χ0n) is 16.0. The van der Waals surface area contributed by atoms with E-state index in [1.165, 1.54) is 21.9 Å². The summed E-state index contributed by atoms with van der Waals surface area (Å²) in [6.45, 7) is 0. The van der Waals surface area contributed by atoms with Gasteiger partial charge in [-0.25, -0.2) is 0 Å². The maximum Gasteiger partial charge on any atom is 0.161 e. The van der Waals surface area contributed by atoms with Crippen molar-refractivity contribution in [3.63, 3.8) is 0 Å². The lowest BCUT2D eigenvalue weighted by Crippen LogP contribution is -2.27. The number of anilines is 1. The summed E-state index contributed by atoms with van der Waals surface area (Å²) in [5.41, 5.74) is 6.46. The molecule has 0 radical (unpaired) electrons. The van der Waals surface area contributed by atoms with Gasteiger partial charge in [-0.05, 0) is 52.9 Å². The SMILES string of the molecule is O=C1CCCC2=C1[C@@H](c1cccc3ccccc13)c1c(ccc3ncccc13)N2. The Balaban J connectivity index is 1.73. The predicted octanol–water partition coefficient (Wildman–Crippen LogP) is 5.95. The number of benzene rings is 3. The van der Waals surface area contributed by atoms with Crippen molar-refractivity contribution in [2.24, 2.45) is 0 Å². The molecule has 0 saturated carbocycles. The molecule has 0 saturated heterocycles. The second-order valence-electron chi connectivity index (χ2n) is 7.89. The van der Waals surface area contributed by atoms with Crippen molar-refractivity contribution in [2.75, 3.05) is 5.32 Å². The second kappa shape index (κ2) is 6.28. The Kier molecular flexibility index (Phi) is 3.57. The van der Waals surface area contributed by atoms with Crippen molar-refractivity contribution in [2.45, 2.75) is 25.2 Å². The molecule has 2 heterocycles. The molecule has 1 aromatic heterocycles. The molecule has 1 aliphatic carbocycles. The topological polar surface area (TPSA) is 42.0 Å². The fourth-order valence-corrected chi connectivity index (χ4v) is 5.04. The van der Waals surface area contributed by atoms with Gasteiger partial charge >= 0.3 is 0 Å². The molecular weight excluding hydrogens is 356 g/mol. The van der Waals surface area contributed by atoms with E-state index < -0.39 is 0 Å². The fourth-order valence-electron chi connectivity index (χ4n) is 5.04. The van der Waals surface area contributed by atoms with Gasteiger partial charge in [-0.2, -0.15) is 0 Å². The molecule has 1 aliphatic heterocycles. The number of aromatic nitrogens is 1. The van der Waals surface area contributed by atoms with Crippen molar-refractivity contribution >= 4 is 33.1 Å². The Morgan fingerprint density at radius 1 is 0.862 bits per heavy atom. The summed E-state index contributed by atoms with van der Waals surface area (Å²) < 4.78 is 0. The Morgan fingerprint density at radius 2 is 1.72 bits per heavy atom. The number of pyridine rings is 1. The lowest BCUT2D eigenvalue weighted by Gasteiger charge is -2.35. The van der Waals surface area contributed by atoms with E-state index in [2.05, 4.69) is 71.0 Å². The summed E-state index contributed by atoms with van der Waals surface area (Å²) in [6, 6.07) is 23.2. The van der Waals surface area contributed by atoms with E-state index in [1.807, 2.05) is 12.3 Å². The maximum atomic E-state index is 13.2. The second-order valence-corrected chi connectivity index (χ2v) is 7.89. The van der Waals surface area contributed by atoms with Gasteiger partial charge in [0, 0.05) is 40.9 Å². The highest BCUT2D eigenvalue weighted by Gasteiger charge is 2.36. The summed E-state index contributed by atoms with van der Waals surface area (Å²) in [7, 11) is 0. The number of rotatable bonds is 1. The summed E-state index contributed by atoms with van der Waals surface area (Å²) in [5.74, 6) is 0.191. The zero-order chi connectivity index (χ0) is 19.4. The van der Waals surface area contributed by atoms with Crippen LogP contribution in [0.15, 0.2) is 84.2 Å². The number of Topliss-reactive ketones (excluding diaryl/α,β-unsaturated/α-hetero) is 1. The smallest absolute Gasteiger partial charge is 0.161 e. The molecule has 1 N–H and O–H groups in total. The number of ketones is 1. The molecule has 3 heteroatoms. The average molecular weight is 376 g/mol. The first kappa shape index (κ1) is 16.5. The van der Waals surface area contributed by atoms with E-state index in [0.29, 0.717) is 6.42 Å². The van der Waals surface area contributed by atoms with Gasteiger partial charge in [-0.3, -0.25) is 9.78 Å². The minimum atomic E-state index is -0.0759. The van der Waals surface area contributed by atoms with Gasteiger partial charge in [-0.15, -0.1) is 0 Å². The molecule has 3 nitrogen and oxygen atoms in total. The van der Waals surface area contributed by atoms with Crippen molar-refractivity contribution in [1.29, 1.82) is 0 Å². The lowest BCUT2D eigenvalue weighted by atomic mass is 9.73. The Hall–Kier alpha value is -3.46. The van der Waals surface area contributed by atoms with E-state index >= 15 is 0 Å². The van der Waals surface area contributed by atoms with Crippen LogP contribution in [0.2, 0.25) is 0 Å². The first-order chi connectivity index (χ1) is 14.3. The van der Waals surface area contributed by atoms with Gasteiger partial charge < -0.3 is 5.32 Å². The Bertz CT molecular complexity index is 1330. The first-order valence-electron chi connectivity index (χ1n) is 10.2. The Labute approximate surface area is 169 Å². The third kappa shape index (κ3) is 2.44. The fraction of sp³-hybridized carbons (Fsp3) is 0.154. The minimum Gasteiger partial charge on any atom is -0.358 e. The molecule has 1 atom stereocenters. The number of carbonyl (C=O) groups excluding carboxylic acids is 1. The predicted molar refractivity (Wildman–Crippen MR) is 117 cm³/mol. The normalized spacial score (nSPS) is 18.5. The molecule has 6 rings (SSSR count). The van der Waals surface area contributed by atoms with Gasteiger partial charge in [-0.1, -0.05) is 48.5 Å². The lowest BCUT2D eigenvalue weighted by molar-refractivity contribution is -0.116. The standard InChI is InChI=1S/C26H20N2O/c29-23-12-4-11-21-26(23)25(18-9-3-7-16-6-1-2-8-17(16)18)24-19-10-5-15-27-20(19)13-14-22(24)28-21/h1-3,5-10,13-15,25,28H,4,11-12H2/t25-/m0/s1. The molecule has 140 valence electrons. The summed E-state index contributed by atoms with van der Waals surface area (Å²) >= 11 is 0. The van der Waals surface area contributed by atoms with Gasteiger partial charge in [0.05, 0.1) is 5.52 Å². The number of hydrogen-bond acceptors (Lipinski definition) is 3. The molecule has 29 heavy (non-hydrogen) atoms. The monoisotopic (exact) mass is 376 g/mol.